The lowest BCUT2D eigenvalue weighted by Gasteiger charge is -2.32. The van der Waals surface area contributed by atoms with Crippen molar-refractivity contribution < 1.29 is 9.53 Å². The van der Waals surface area contributed by atoms with E-state index in [1.54, 1.807) is 18.0 Å². The van der Waals surface area contributed by atoms with E-state index in [1.165, 1.54) is 5.56 Å². The average Bonchev–Trinajstić information content (AvgIpc) is 3.65. The van der Waals surface area contributed by atoms with Crippen LogP contribution in [-0.2, 0) is 6.54 Å². The molecule has 0 unspecified atom stereocenters. The van der Waals surface area contributed by atoms with Crippen molar-refractivity contribution in [3.05, 3.63) is 72.2 Å². The molecule has 9 nitrogen and oxygen atoms in total. The van der Waals surface area contributed by atoms with Gasteiger partial charge in [0.25, 0.3) is 5.91 Å². The number of piperidine rings is 1. The van der Waals surface area contributed by atoms with Gasteiger partial charge in [0, 0.05) is 31.7 Å². The smallest absolute Gasteiger partial charge is 0.289 e. The molecule has 1 saturated carbocycles. The van der Waals surface area contributed by atoms with Gasteiger partial charge in [0.15, 0.2) is 5.65 Å². The monoisotopic (exact) mass is 497 g/mol. The maximum absolute atomic E-state index is 12.9. The van der Waals surface area contributed by atoms with Crippen molar-refractivity contribution in [2.24, 2.45) is 0 Å². The number of carbonyl (C=O) groups excluding carboxylic acids is 1. The molecular weight excluding hydrogens is 466 g/mol. The number of anilines is 1. The highest BCUT2D eigenvalue weighted by Crippen LogP contribution is 2.27. The van der Waals surface area contributed by atoms with Gasteiger partial charge in [-0.05, 0) is 55.5 Å². The summed E-state index contributed by atoms with van der Waals surface area (Å²) in [6.07, 6.45) is 5.77. The van der Waals surface area contributed by atoms with Crippen LogP contribution < -0.4 is 15.4 Å². The fraction of sp³-hybridized carbons (Fsp3) is 0.357. The van der Waals surface area contributed by atoms with Gasteiger partial charge in [0.1, 0.15) is 11.6 Å². The van der Waals surface area contributed by atoms with Gasteiger partial charge in [-0.3, -0.25) is 9.69 Å². The molecule has 1 aliphatic carbocycles. The first-order valence-electron chi connectivity index (χ1n) is 12.9. The van der Waals surface area contributed by atoms with Crippen LogP contribution in [0.1, 0.15) is 41.9 Å². The lowest BCUT2D eigenvalue weighted by molar-refractivity contribution is 0.0941. The summed E-state index contributed by atoms with van der Waals surface area (Å²) < 4.78 is 7.04. The van der Waals surface area contributed by atoms with Gasteiger partial charge in [0.2, 0.25) is 5.82 Å². The predicted octanol–water partition coefficient (Wildman–Crippen LogP) is 3.79. The molecule has 9 heteroatoms. The van der Waals surface area contributed by atoms with Crippen LogP contribution in [0.5, 0.6) is 5.75 Å². The van der Waals surface area contributed by atoms with E-state index in [9.17, 15) is 4.79 Å². The number of rotatable bonds is 8. The number of likely N-dealkylation sites (tertiary alicyclic amines) is 1. The van der Waals surface area contributed by atoms with E-state index in [-0.39, 0.29) is 23.8 Å². The van der Waals surface area contributed by atoms with Crippen LogP contribution in [-0.4, -0.2) is 62.8 Å². The molecule has 2 fully saturated rings. The predicted molar refractivity (Wildman–Crippen MR) is 142 cm³/mol. The minimum atomic E-state index is -0.243. The molecule has 3 heterocycles. The molecule has 0 radical (unpaired) electrons. The third kappa shape index (κ3) is 5.27. The fourth-order valence-electron chi connectivity index (χ4n) is 4.78. The number of benzene rings is 2. The summed E-state index contributed by atoms with van der Waals surface area (Å²) in [5, 5.41) is 12.0. The zero-order valence-corrected chi connectivity index (χ0v) is 20.9. The Morgan fingerprint density at radius 1 is 0.973 bits per heavy atom. The van der Waals surface area contributed by atoms with Gasteiger partial charge in [-0.1, -0.05) is 30.3 Å². The van der Waals surface area contributed by atoms with E-state index in [0.29, 0.717) is 11.5 Å². The lowest BCUT2D eigenvalue weighted by Crippen LogP contribution is -2.39. The maximum atomic E-state index is 12.9. The number of hydrogen-bond donors (Lipinski definition) is 2. The Morgan fingerprint density at radius 2 is 1.73 bits per heavy atom. The molecule has 2 aliphatic rings. The Balaban J connectivity index is 1.25. The molecule has 0 bridgehead atoms. The number of nitrogens with zero attached hydrogens (tertiary/aromatic N) is 5. The molecule has 0 spiro atoms. The number of fused-ring (bicyclic) bond motifs is 1. The first kappa shape index (κ1) is 23.4. The summed E-state index contributed by atoms with van der Waals surface area (Å²) in [5.41, 5.74) is 2.78. The Hall–Kier alpha value is -3.98. The fourth-order valence-corrected chi connectivity index (χ4v) is 4.78. The van der Waals surface area contributed by atoms with Crippen LogP contribution in [0.25, 0.3) is 16.7 Å². The lowest BCUT2D eigenvalue weighted by atomic mass is 10.0. The van der Waals surface area contributed by atoms with Gasteiger partial charge in [-0.2, -0.15) is 5.10 Å². The molecule has 6 rings (SSSR count). The highest BCUT2D eigenvalue weighted by Gasteiger charge is 2.27. The molecule has 4 aromatic rings. The summed E-state index contributed by atoms with van der Waals surface area (Å²) in [7, 11) is 1.64. The second-order valence-corrected chi connectivity index (χ2v) is 9.82. The first-order chi connectivity index (χ1) is 18.2. The van der Waals surface area contributed by atoms with Crippen LogP contribution >= 0.6 is 0 Å². The minimum Gasteiger partial charge on any atom is -0.497 e. The van der Waals surface area contributed by atoms with Crippen molar-refractivity contribution in [2.75, 3.05) is 25.5 Å². The Kier molecular flexibility index (Phi) is 6.44. The molecule has 37 heavy (non-hydrogen) atoms. The second kappa shape index (κ2) is 10.2. The van der Waals surface area contributed by atoms with E-state index < -0.39 is 0 Å². The summed E-state index contributed by atoms with van der Waals surface area (Å²) in [5.74, 6) is 1.35. The normalized spacial score (nSPS) is 16.6. The van der Waals surface area contributed by atoms with E-state index >= 15 is 0 Å². The highest BCUT2D eigenvalue weighted by atomic mass is 16.5. The zero-order chi connectivity index (χ0) is 25.2. The van der Waals surface area contributed by atoms with Crippen molar-refractivity contribution in [1.29, 1.82) is 0 Å². The molecule has 2 aromatic heterocycles. The number of hydrogen-bond acceptors (Lipinski definition) is 7. The quantitative estimate of drug-likeness (QED) is 0.382. The van der Waals surface area contributed by atoms with E-state index in [4.69, 9.17) is 4.74 Å². The Bertz CT molecular complexity index is 1380. The number of aromatic nitrogens is 4. The van der Waals surface area contributed by atoms with Crippen LogP contribution in [0, 0.1) is 0 Å². The van der Waals surface area contributed by atoms with E-state index in [1.807, 2.05) is 24.3 Å². The molecule has 1 saturated heterocycles. The molecule has 2 aromatic carbocycles. The molecular formula is C28H31N7O2. The standard InChI is InChI=1S/C28H31N7O2/c1-37-23-11-9-22(10-12-23)35-27-24(17-29-35)25(32-26(33-27)28(36)31-20-7-8-20)30-21-13-15-34(16-14-21)18-19-5-3-2-4-6-19/h2-6,9-12,17,20-21H,7-8,13-16,18H2,1H3,(H,31,36)(H,30,32,33). The SMILES string of the molecule is COc1ccc(-n2ncc3c(NC4CCN(Cc5ccccc5)CC4)nc(C(=O)NC4CC4)nc32)cc1. The van der Waals surface area contributed by atoms with E-state index in [0.717, 1.165) is 62.1 Å². The van der Waals surface area contributed by atoms with E-state index in [2.05, 4.69) is 60.9 Å². The van der Waals surface area contributed by atoms with Crippen molar-refractivity contribution in [3.8, 4) is 11.4 Å². The second-order valence-electron chi connectivity index (χ2n) is 9.82. The third-order valence-electron chi connectivity index (χ3n) is 7.04. The maximum Gasteiger partial charge on any atom is 0.289 e. The van der Waals surface area contributed by atoms with Crippen LogP contribution in [0.15, 0.2) is 60.8 Å². The number of nitrogens with one attached hydrogen (secondary N) is 2. The Morgan fingerprint density at radius 3 is 2.43 bits per heavy atom. The van der Waals surface area contributed by atoms with Gasteiger partial charge in [-0.25, -0.2) is 14.6 Å². The third-order valence-corrected chi connectivity index (χ3v) is 7.04. The highest BCUT2D eigenvalue weighted by molar-refractivity contribution is 5.96. The Labute approximate surface area is 215 Å². The minimum absolute atomic E-state index is 0.165. The van der Waals surface area contributed by atoms with Crippen molar-refractivity contribution in [2.45, 2.75) is 44.3 Å². The molecule has 0 atom stereocenters. The average molecular weight is 498 g/mol. The zero-order valence-electron chi connectivity index (χ0n) is 20.9. The number of methoxy groups -OCH3 is 1. The van der Waals surface area contributed by atoms with Gasteiger partial charge in [0.05, 0.1) is 24.4 Å². The van der Waals surface area contributed by atoms with Crippen molar-refractivity contribution >= 4 is 22.8 Å². The van der Waals surface area contributed by atoms with Crippen LogP contribution in [0.4, 0.5) is 5.82 Å². The summed E-state index contributed by atoms with van der Waals surface area (Å²) >= 11 is 0. The summed E-state index contributed by atoms with van der Waals surface area (Å²) in [4.78, 5) is 24.7. The van der Waals surface area contributed by atoms with Crippen molar-refractivity contribution in [3.63, 3.8) is 0 Å². The summed E-state index contributed by atoms with van der Waals surface area (Å²) in [6.45, 7) is 2.97. The topological polar surface area (TPSA) is 97.2 Å². The largest absolute Gasteiger partial charge is 0.497 e. The van der Waals surface area contributed by atoms with Gasteiger partial charge >= 0.3 is 0 Å². The molecule has 1 amide bonds. The van der Waals surface area contributed by atoms with Gasteiger partial charge in [-0.15, -0.1) is 0 Å². The number of ether oxygens (including phenoxy) is 1. The summed E-state index contributed by atoms with van der Waals surface area (Å²) in [6, 6.07) is 18.7. The van der Waals surface area contributed by atoms with Crippen LogP contribution in [0.3, 0.4) is 0 Å². The first-order valence-corrected chi connectivity index (χ1v) is 12.9. The van der Waals surface area contributed by atoms with Gasteiger partial charge < -0.3 is 15.4 Å². The molecule has 2 N–H and O–H groups in total. The number of amides is 1. The molecule has 1 aliphatic heterocycles. The van der Waals surface area contributed by atoms with Crippen LogP contribution in [0.2, 0.25) is 0 Å². The number of carbonyl (C=O) groups is 1. The molecule has 190 valence electrons. The van der Waals surface area contributed by atoms with Crippen molar-refractivity contribution in [1.82, 2.24) is 30.0 Å².